The Morgan fingerprint density at radius 3 is 1.29 bits per heavy atom. The van der Waals surface area contributed by atoms with Crippen molar-refractivity contribution in [1.82, 2.24) is 20.7 Å². The Morgan fingerprint density at radius 2 is 1.00 bits per heavy atom. The third-order valence-electron chi connectivity index (χ3n) is 7.33. The summed E-state index contributed by atoms with van der Waals surface area (Å²) in [6.45, 7) is 11.0. The maximum absolute atomic E-state index is 12.7. The zero-order valence-corrected chi connectivity index (χ0v) is 21.2. The summed E-state index contributed by atoms with van der Waals surface area (Å²) in [6.07, 6.45) is 2.87. The van der Waals surface area contributed by atoms with Crippen molar-refractivity contribution in [3.63, 3.8) is 0 Å². The second-order valence-electron chi connectivity index (χ2n) is 10.4. The van der Waals surface area contributed by atoms with Crippen LogP contribution in [0.4, 0.5) is 0 Å². The highest BCUT2D eigenvalue weighted by Gasteiger charge is 2.43. The van der Waals surface area contributed by atoms with E-state index in [1.54, 1.807) is 27.7 Å². The van der Waals surface area contributed by atoms with Crippen molar-refractivity contribution < 1.29 is 28.8 Å². The van der Waals surface area contributed by atoms with E-state index in [-0.39, 0.29) is 13.1 Å². The fourth-order valence-corrected chi connectivity index (χ4v) is 4.02. The molecule has 10 heteroatoms. The molecule has 0 spiro atoms. The van der Waals surface area contributed by atoms with Crippen molar-refractivity contribution in [2.24, 2.45) is 10.8 Å². The quantitative estimate of drug-likeness (QED) is 0.397. The second-order valence-corrected chi connectivity index (χ2v) is 10.4. The number of ketones is 2. The van der Waals surface area contributed by atoms with Gasteiger partial charge in [0.05, 0.1) is 0 Å². The van der Waals surface area contributed by atoms with E-state index in [1.165, 1.54) is 9.80 Å². The second kappa shape index (κ2) is 10.7. The normalized spacial score (nSPS) is 20.8. The zero-order chi connectivity index (χ0) is 25.8. The summed E-state index contributed by atoms with van der Waals surface area (Å²) in [5, 5.41) is 0. The van der Waals surface area contributed by atoms with Gasteiger partial charge in [-0.15, -0.1) is 0 Å². The van der Waals surface area contributed by atoms with Gasteiger partial charge in [-0.2, -0.15) is 0 Å². The number of hydrogen-bond acceptors (Lipinski definition) is 6. The van der Waals surface area contributed by atoms with Crippen LogP contribution >= 0.6 is 0 Å². The van der Waals surface area contributed by atoms with Gasteiger partial charge in [0.15, 0.2) is 0 Å². The molecule has 0 aromatic rings. The molecule has 10 nitrogen and oxygen atoms in total. The molecule has 0 aromatic heterocycles. The van der Waals surface area contributed by atoms with Crippen molar-refractivity contribution in [2.75, 3.05) is 13.1 Å². The summed E-state index contributed by atoms with van der Waals surface area (Å²) in [4.78, 5) is 78.7. The van der Waals surface area contributed by atoms with Gasteiger partial charge < -0.3 is 9.80 Å². The van der Waals surface area contributed by atoms with Crippen LogP contribution in [0.2, 0.25) is 0 Å². The standard InChI is InChI=1S/C24H38N4O6/c1-7-23(3,4)17(29)21(33)27-13-9-11-15(27)19(31)25-26-20(32)16-12-10-14-28(16)22(34)18(30)24(5,6)8-2/h15-16H,7-14H2,1-6H3,(H,25,31)(H,26,32). The van der Waals surface area contributed by atoms with Crippen LogP contribution in [0.15, 0.2) is 0 Å². The van der Waals surface area contributed by atoms with Gasteiger partial charge >= 0.3 is 0 Å². The lowest BCUT2D eigenvalue weighted by atomic mass is 9.84. The summed E-state index contributed by atoms with van der Waals surface area (Å²) >= 11 is 0. The molecule has 0 bridgehead atoms. The van der Waals surface area contributed by atoms with Gasteiger partial charge in [-0.25, -0.2) is 0 Å². The van der Waals surface area contributed by atoms with Crippen molar-refractivity contribution >= 4 is 35.2 Å². The van der Waals surface area contributed by atoms with Gasteiger partial charge in [0.2, 0.25) is 11.6 Å². The zero-order valence-electron chi connectivity index (χ0n) is 21.2. The summed E-state index contributed by atoms with van der Waals surface area (Å²) in [6, 6.07) is -1.73. The molecule has 0 radical (unpaired) electrons. The Hall–Kier alpha value is -2.78. The minimum Gasteiger partial charge on any atom is -0.324 e. The van der Waals surface area contributed by atoms with E-state index in [4.69, 9.17) is 0 Å². The molecular formula is C24H38N4O6. The highest BCUT2D eigenvalue weighted by molar-refractivity contribution is 6.38. The van der Waals surface area contributed by atoms with Crippen molar-refractivity contribution in [2.45, 2.75) is 92.2 Å². The predicted molar refractivity (Wildman–Crippen MR) is 124 cm³/mol. The number of nitrogens with one attached hydrogen (secondary N) is 2. The fourth-order valence-electron chi connectivity index (χ4n) is 4.02. The van der Waals surface area contributed by atoms with Crippen LogP contribution in [0.25, 0.3) is 0 Å². The van der Waals surface area contributed by atoms with Gasteiger partial charge in [0, 0.05) is 23.9 Å². The molecule has 2 unspecified atom stereocenters. The summed E-state index contributed by atoms with van der Waals surface area (Å²) < 4.78 is 0. The van der Waals surface area contributed by atoms with Crippen LogP contribution < -0.4 is 10.9 Å². The predicted octanol–water partition coefficient (Wildman–Crippen LogP) is 1.13. The van der Waals surface area contributed by atoms with Crippen LogP contribution in [-0.4, -0.2) is 70.2 Å². The van der Waals surface area contributed by atoms with E-state index >= 15 is 0 Å². The maximum atomic E-state index is 12.7. The third-order valence-corrected chi connectivity index (χ3v) is 7.33. The average Bonchev–Trinajstić information content (AvgIpc) is 3.50. The van der Waals surface area contributed by atoms with Crippen molar-refractivity contribution in [3.05, 3.63) is 0 Å². The monoisotopic (exact) mass is 478 g/mol. The molecule has 2 aliphatic heterocycles. The molecule has 190 valence electrons. The Bertz CT molecular complexity index is 796. The number of nitrogens with zero attached hydrogens (tertiary/aromatic N) is 2. The number of amides is 4. The number of Topliss-reactive ketones (excluding diaryl/α,β-unsaturated/α-hetero) is 2. The average molecular weight is 479 g/mol. The number of hydrazine groups is 1. The van der Waals surface area contributed by atoms with Crippen molar-refractivity contribution in [1.29, 1.82) is 0 Å². The molecule has 2 aliphatic rings. The molecule has 2 N–H and O–H groups in total. The summed E-state index contributed by atoms with van der Waals surface area (Å²) in [5.74, 6) is -3.67. The maximum Gasteiger partial charge on any atom is 0.291 e. The first-order valence-corrected chi connectivity index (χ1v) is 12.1. The lowest BCUT2D eigenvalue weighted by Crippen LogP contribution is -2.57. The Kier molecular flexibility index (Phi) is 8.60. The van der Waals surface area contributed by atoms with E-state index in [0.29, 0.717) is 38.5 Å². The van der Waals surface area contributed by atoms with Crippen LogP contribution in [-0.2, 0) is 28.8 Å². The fraction of sp³-hybridized carbons (Fsp3) is 0.750. The molecule has 4 amide bonds. The molecule has 0 saturated carbocycles. The number of hydrogen-bond donors (Lipinski definition) is 2. The topological polar surface area (TPSA) is 133 Å². The highest BCUT2D eigenvalue weighted by atomic mass is 16.2. The van der Waals surface area contributed by atoms with Gasteiger partial charge in [-0.1, -0.05) is 41.5 Å². The molecule has 2 heterocycles. The molecule has 2 atom stereocenters. The summed E-state index contributed by atoms with van der Waals surface area (Å²) in [5.41, 5.74) is 3.04. The first kappa shape index (κ1) is 27.5. The first-order valence-electron chi connectivity index (χ1n) is 12.1. The minimum absolute atomic E-state index is 0.288. The highest BCUT2D eigenvalue weighted by Crippen LogP contribution is 2.27. The summed E-state index contributed by atoms with van der Waals surface area (Å²) in [7, 11) is 0. The molecule has 0 aliphatic carbocycles. The molecule has 2 rings (SSSR count). The molecule has 0 aromatic carbocycles. The minimum atomic E-state index is -0.863. The van der Waals surface area contributed by atoms with E-state index in [9.17, 15) is 28.8 Å². The number of rotatable bonds is 8. The van der Waals surface area contributed by atoms with Crippen LogP contribution in [0.1, 0.15) is 80.1 Å². The third kappa shape index (κ3) is 5.64. The van der Waals surface area contributed by atoms with Gasteiger partial charge in [-0.05, 0) is 38.5 Å². The van der Waals surface area contributed by atoms with E-state index in [2.05, 4.69) is 10.9 Å². The van der Waals surface area contributed by atoms with Crippen LogP contribution in [0, 0.1) is 10.8 Å². The molecule has 34 heavy (non-hydrogen) atoms. The Balaban J connectivity index is 2.00. The lowest BCUT2D eigenvalue weighted by molar-refractivity contribution is -0.152. The molecule has 2 saturated heterocycles. The van der Waals surface area contributed by atoms with E-state index in [1.807, 2.05) is 13.8 Å². The Morgan fingerprint density at radius 1 is 0.676 bits per heavy atom. The van der Waals surface area contributed by atoms with E-state index < -0.39 is 58.1 Å². The first-order chi connectivity index (χ1) is 15.8. The van der Waals surface area contributed by atoms with Crippen LogP contribution in [0.5, 0.6) is 0 Å². The number of carbonyl (C=O) groups excluding carboxylic acids is 6. The van der Waals surface area contributed by atoms with E-state index in [0.717, 1.165) is 0 Å². The Labute approximate surface area is 201 Å². The number of likely N-dealkylation sites (tertiary alicyclic amines) is 2. The van der Waals surface area contributed by atoms with Crippen LogP contribution in [0.3, 0.4) is 0 Å². The van der Waals surface area contributed by atoms with Crippen molar-refractivity contribution in [3.8, 4) is 0 Å². The van der Waals surface area contributed by atoms with Gasteiger partial charge in [0.25, 0.3) is 23.6 Å². The largest absolute Gasteiger partial charge is 0.324 e. The smallest absolute Gasteiger partial charge is 0.291 e. The lowest BCUT2D eigenvalue weighted by Gasteiger charge is -2.29. The van der Waals surface area contributed by atoms with Gasteiger partial charge in [0.1, 0.15) is 12.1 Å². The molecular weight excluding hydrogens is 440 g/mol. The molecule has 2 fully saturated rings. The van der Waals surface area contributed by atoms with Gasteiger partial charge in [-0.3, -0.25) is 39.6 Å². The number of carbonyl (C=O) groups is 6. The SMILES string of the molecule is CCC(C)(C)C(=O)C(=O)N1CCCC1C(=O)NNC(=O)C1CCCN1C(=O)C(=O)C(C)(C)CC.